The Morgan fingerprint density at radius 3 is 2.95 bits per heavy atom. The van der Waals surface area contributed by atoms with E-state index in [0.717, 1.165) is 38.2 Å². The van der Waals surface area contributed by atoms with E-state index in [-0.39, 0.29) is 0 Å². The number of rotatable bonds is 7. The minimum Gasteiger partial charge on any atom is -0.380 e. The number of anilines is 1. The number of nitrogens with zero attached hydrogens (tertiary/aromatic N) is 2. The van der Waals surface area contributed by atoms with Crippen LogP contribution in [0.5, 0.6) is 0 Å². The maximum Gasteiger partial charge on any atom is 0.132 e. The van der Waals surface area contributed by atoms with E-state index >= 15 is 0 Å². The van der Waals surface area contributed by atoms with Gasteiger partial charge in [0.25, 0.3) is 0 Å². The largest absolute Gasteiger partial charge is 0.380 e. The van der Waals surface area contributed by atoms with Crippen LogP contribution in [0, 0.1) is 0 Å². The molecule has 3 N–H and O–H groups in total. The molecule has 0 saturated carbocycles. The molecule has 1 aromatic rings. The Kier molecular flexibility index (Phi) is 6.04. The van der Waals surface area contributed by atoms with E-state index in [0.29, 0.717) is 13.2 Å². The molecule has 0 fully saturated rings. The summed E-state index contributed by atoms with van der Waals surface area (Å²) in [4.78, 5) is 8.80. The molecule has 0 aromatic carbocycles. The normalized spacial score (nSPS) is 14.8. The molecule has 0 spiro atoms. The van der Waals surface area contributed by atoms with Gasteiger partial charge in [0.05, 0.1) is 6.61 Å². The Bertz CT molecular complexity index is 384. The number of aromatic nitrogens is 2. The summed E-state index contributed by atoms with van der Waals surface area (Å²) in [7, 11) is 0. The molecule has 0 radical (unpaired) electrons. The van der Waals surface area contributed by atoms with Crippen LogP contribution in [0.1, 0.15) is 36.9 Å². The highest BCUT2D eigenvalue weighted by Gasteiger charge is 2.13. The fourth-order valence-electron chi connectivity index (χ4n) is 2.42. The van der Waals surface area contributed by atoms with Crippen LogP contribution in [0.4, 0.5) is 5.82 Å². The highest BCUT2D eigenvalue weighted by atomic mass is 16.5. The van der Waals surface area contributed by atoms with Gasteiger partial charge in [-0.2, -0.15) is 0 Å². The van der Waals surface area contributed by atoms with Crippen molar-refractivity contribution in [2.45, 2.75) is 38.5 Å². The third kappa shape index (κ3) is 4.44. The van der Waals surface area contributed by atoms with Crippen LogP contribution in [-0.2, 0) is 17.6 Å². The van der Waals surface area contributed by atoms with Gasteiger partial charge in [-0.3, -0.25) is 0 Å². The van der Waals surface area contributed by atoms with Gasteiger partial charge in [-0.05, 0) is 32.1 Å². The first-order valence-electron chi connectivity index (χ1n) is 7.26. The maximum absolute atomic E-state index is 5.37. The number of aryl methyl sites for hydroxylation is 1. The molecule has 5 nitrogen and oxygen atoms in total. The Morgan fingerprint density at radius 2 is 2.05 bits per heavy atom. The summed E-state index contributed by atoms with van der Waals surface area (Å²) in [6.07, 6.45) is 8.62. The fourth-order valence-corrected chi connectivity index (χ4v) is 2.42. The van der Waals surface area contributed by atoms with Crippen LogP contribution < -0.4 is 11.1 Å². The lowest BCUT2D eigenvalue weighted by molar-refractivity contribution is 0.141. The summed E-state index contributed by atoms with van der Waals surface area (Å²) >= 11 is 0. The number of nitrogens with one attached hydrogen (secondary N) is 1. The molecular weight excluding hydrogens is 240 g/mol. The summed E-state index contributed by atoms with van der Waals surface area (Å²) in [6, 6.07) is 0. The highest BCUT2D eigenvalue weighted by molar-refractivity contribution is 5.46. The van der Waals surface area contributed by atoms with Crippen LogP contribution in [0.3, 0.4) is 0 Å². The van der Waals surface area contributed by atoms with Gasteiger partial charge in [0.2, 0.25) is 0 Å². The molecular formula is C14H24N4O. The summed E-state index contributed by atoms with van der Waals surface area (Å²) in [5, 5.41) is 3.42. The van der Waals surface area contributed by atoms with Crippen molar-refractivity contribution in [3.63, 3.8) is 0 Å². The topological polar surface area (TPSA) is 73.1 Å². The molecule has 19 heavy (non-hydrogen) atoms. The van der Waals surface area contributed by atoms with Gasteiger partial charge < -0.3 is 15.8 Å². The average Bonchev–Trinajstić information content (AvgIpc) is 2.68. The van der Waals surface area contributed by atoms with Gasteiger partial charge in [-0.25, -0.2) is 9.97 Å². The van der Waals surface area contributed by atoms with Crippen molar-refractivity contribution in [1.82, 2.24) is 9.97 Å². The van der Waals surface area contributed by atoms with Crippen LogP contribution >= 0.6 is 0 Å². The summed E-state index contributed by atoms with van der Waals surface area (Å²) in [5.41, 5.74) is 7.92. The first-order chi connectivity index (χ1) is 9.42. The summed E-state index contributed by atoms with van der Waals surface area (Å²) in [6.45, 7) is 2.86. The lowest BCUT2D eigenvalue weighted by atomic mass is 10.1. The van der Waals surface area contributed by atoms with Gasteiger partial charge in [-0.15, -0.1) is 0 Å². The van der Waals surface area contributed by atoms with Crippen LogP contribution in [0.25, 0.3) is 0 Å². The molecule has 0 saturated heterocycles. The second-order valence-electron chi connectivity index (χ2n) is 4.89. The Hall–Kier alpha value is -1.20. The Morgan fingerprint density at radius 1 is 1.16 bits per heavy atom. The lowest BCUT2D eigenvalue weighted by Gasteiger charge is -2.12. The van der Waals surface area contributed by atoms with E-state index in [1.807, 2.05) is 0 Å². The predicted octanol–water partition coefficient (Wildman–Crippen LogP) is 1.52. The Balaban J connectivity index is 1.83. The van der Waals surface area contributed by atoms with Crippen molar-refractivity contribution in [2.75, 3.05) is 31.6 Å². The van der Waals surface area contributed by atoms with Crippen molar-refractivity contribution in [1.29, 1.82) is 0 Å². The maximum atomic E-state index is 5.37. The van der Waals surface area contributed by atoms with Gasteiger partial charge in [0, 0.05) is 31.0 Å². The lowest BCUT2D eigenvalue weighted by Crippen LogP contribution is -2.13. The molecule has 1 aliphatic rings. The molecule has 1 heterocycles. The van der Waals surface area contributed by atoms with Crippen molar-refractivity contribution < 1.29 is 4.74 Å². The molecule has 0 aliphatic heterocycles. The molecule has 106 valence electrons. The number of hydrogen-bond donors (Lipinski definition) is 2. The van der Waals surface area contributed by atoms with Crippen LogP contribution in [0.2, 0.25) is 0 Å². The second kappa shape index (κ2) is 8.07. The van der Waals surface area contributed by atoms with Crippen LogP contribution in [-0.4, -0.2) is 36.3 Å². The smallest absolute Gasteiger partial charge is 0.132 e. The molecule has 5 heteroatoms. The van der Waals surface area contributed by atoms with E-state index in [1.54, 1.807) is 6.33 Å². The molecule has 0 unspecified atom stereocenters. The first kappa shape index (κ1) is 14.2. The third-order valence-electron chi connectivity index (χ3n) is 3.40. The van der Waals surface area contributed by atoms with Crippen molar-refractivity contribution in [3.05, 3.63) is 17.6 Å². The van der Waals surface area contributed by atoms with E-state index in [2.05, 4.69) is 15.3 Å². The second-order valence-corrected chi connectivity index (χ2v) is 4.89. The van der Waals surface area contributed by atoms with Gasteiger partial charge in [0.15, 0.2) is 0 Å². The van der Waals surface area contributed by atoms with Crippen molar-refractivity contribution >= 4 is 5.82 Å². The average molecular weight is 264 g/mol. The SMILES string of the molecule is NCCOCCCNc1ncnc2c1CCCCC2. The van der Waals surface area contributed by atoms with Crippen molar-refractivity contribution in [2.24, 2.45) is 5.73 Å². The number of nitrogens with two attached hydrogens (primary N) is 1. The van der Waals surface area contributed by atoms with Crippen molar-refractivity contribution in [3.8, 4) is 0 Å². The minimum absolute atomic E-state index is 0.590. The zero-order valence-corrected chi connectivity index (χ0v) is 11.5. The number of fused-ring (bicyclic) bond motifs is 1. The first-order valence-corrected chi connectivity index (χ1v) is 7.26. The minimum atomic E-state index is 0.590. The van der Waals surface area contributed by atoms with Gasteiger partial charge in [0.1, 0.15) is 12.1 Å². The van der Waals surface area contributed by atoms with Gasteiger partial charge >= 0.3 is 0 Å². The highest BCUT2D eigenvalue weighted by Crippen LogP contribution is 2.23. The molecule has 1 aliphatic carbocycles. The molecule has 0 amide bonds. The van der Waals surface area contributed by atoms with E-state index in [9.17, 15) is 0 Å². The zero-order valence-electron chi connectivity index (χ0n) is 11.5. The quantitative estimate of drug-likeness (QED) is 0.577. The molecule has 2 rings (SSSR count). The standard InChI is InChI=1S/C14H24N4O/c15-7-10-19-9-4-8-16-14-12-5-2-1-3-6-13(12)17-11-18-14/h11H,1-10,15H2,(H,16,17,18). The molecule has 0 atom stereocenters. The predicted molar refractivity (Wildman–Crippen MR) is 76.3 cm³/mol. The van der Waals surface area contributed by atoms with E-state index in [1.165, 1.54) is 30.5 Å². The monoisotopic (exact) mass is 264 g/mol. The summed E-state index contributed by atoms with van der Waals surface area (Å²) in [5.74, 6) is 1.02. The van der Waals surface area contributed by atoms with Gasteiger partial charge in [-0.1, -0.05) is 6.42 Å². The number of hydrogen-bond acceptors (Lipinski definition) is 5. The Labute approximate surface area is 115 Å². The molecule has 0 bridgehead atoms. The number of ether oxygens (including phenoxy) is 1. The van der Waals surface area contributed by atoms with E-state index in [4.69, 9.17) is 10.5 Å². The molecule has 1 aromatic heterocycles. The summed E-state index contributed by atoms with van der Waals surface area (Å²) < 4.78 is 5.36. The third-order valence-corrected chi connectivity index (χ3v) is 3.40. The fraction of sp³-hybridized carbons (Fsp3) is 0.714. The van der Waals surface area contributed by atoms with Crippen LogP contribution in [0.15, 0.2) is 6.33 Å². The van der Waals surface area contributed by atoms with E-state index < -0.39 is 0 Å². The zero-order chi connectivity index (χ0) is 13.3.